The Bertz CT molecular complexity index is 1010. The Balaban J connectivity index is 1.43. The summed E-state index contributed by atoms with van der Waals surface area (Å²) in [6.45, 7) is 0.380. The summed E-state index contributed by atoms with van der Waals surface area (Å²) >= 11 is 6.41. The molecule has 7 heteroatoms. The van der Waals surface area contributed by atoms with E-state index in [1.807, 2.05) is 12.1 Å². The van der Waals surface area contributed by atoms with E-state index in [1.165, 1.54) is 6.33 Å². The van der Waals surface area contributed by atoms with Gasteiger partial charge in [0.2, 0.25) is 0 Å². The minimum atomic E-state index is -0.177. The van der Waals surface area contributed by atoms with Gasteiger partial charge in [-0.2, -0.15) is 0 Å². The number of carbonyl (C=O) groups is 1. The zero-order valence-corrected chi connectivity index (χ0v) is 15.9. The van der Waals surface area contributed by atoms with Crippen LogP contribution in [0.1, 0.15) is 15.9 Å². The van der Waals surface area contributed by atoms with E-state index < -0.39 is 0 Å². The van der Waals surface area contributed by atoms with Gasteiger partial charge in [0, 0.05) is 35.5 Å². The molecule has 0 aliphatic carbocycles. The third kappa shape index (κ3) is 3.77. The molecular formula is C21H18ClN3O3. The van der Waals surface area contributed by atoms with E-state index in [0.29, 0.717) is 35.1 Å². The van der Waals surface area contributed by atoms with Crippen LogP contribution in [0.3, 0.4) is 0 Å². The number of methoxy groups -OCH3 is 1. The highest BCUT2D eigenvalue weighted by molar-refractivity contribution is 6.32. The minimum absolute atomic E-state index is 0.174. The second-order valence-electron chi connectivity index (χ2n) is 6.46. The van der Waals surface area contributed by atoms with E-state index in [9.17, 15) is 4.79 Å². The van der Waals surface area contributed by atoms with Crippen molar-refractivity contribution in [2.45, 2.75) is 12.5 Å². The van der Waals surface area contributed by atoms with Gasteiger partial charge in [0.1, 0.15) is 23.9 Å². The molecule has 1 atom stereocenters. The maximum Gasteiger partial charge on any atom is 0.251 e. The van der Waals surface area contributed by atoms with Gasteiger partial charge in [-0.05, 0) is 35.9 Å². The molecule has 1 unspecified atom stereocenters. The molecule has 1 aromatic heterocycles. The molecule has 142 valence electrons. The lowest BCUT2D eigenvalue weighted by molar-refractivity contribution is 0.0933. The molecule has 2 aromatic carbocycles. The van der Waals surface area contributed by atoms with Gasteiger partial charge in [-0.1, -0.05) is 17.7 Å². The molecule has 3 aromatic rings. The van der Waals surface area contributed by atoms with Crippen molar-refractivity contribution in [2.24, 2.45) is 0 Å². The molecule has 2 heterocycles. The highest BCUT2D eigenvalue weighted by atomic mass is 35.5. The predicted molar refractivity (Wildman–Crippen MR) is 106 cm³/mol. The Kier molecular flexibility index (Phi) is 5.12. The van der Waals surface area contributed by atoms with Crippen LogP contribution in [0.4, 0.5) is 0 Å². The molecule has 1 N–H and O–H groups in total. The Morgan fingerprint density at radius 3 is 2.86 bits per heavy atom. The van der Waals surface area contributed by atoms with Crippen molar-refractivity contribution in [2.75, 3.05) is 13.7 Å². The van der Waals surface area contributed by atoms with Crippen LogP contribution in [0, 0.1) is 0 Å². The molecule has 1 aliphatic rings. The molecule has 6 nitrogen and oxygen atoms in total. The van der Waals surface area contributed by atoms with E-state index in [2.05, 4.69) is 15.3 Å². The van der Waals surface area contributed by atoms with Crippen LogP contribution in [-0.4, -0.2) is 35.6 Å². The number of fused-ring (bicyclic) bond motifs is 1. The fourth-order valence-electron chi connectivity index (χ4n) is 3.19. The molecule has 0 radical (unpaired) electrons. The zero-order valence-electron chi connectivity index (χ0n) is 15.2. The maximum absolute atomic E-state index is 12.4. The van der Waals surface area contributed by atoms with Crippen LogP contribution < -0.4 is 14.8 Å². The lowest BCUT2D eigenvalue weighted by atomic mass is 10.0. The normalized spacial score (nSPS) is 14.9. The SMILES string of the molecule is COc1cccc(C(=O)NCC2Cc3cc(-c4cncnc4)cc(Cl)c3O2)c1. The molecule has 0 saturated heterocycles. The van der Waals surface area contributed by atoms with Crippen LogP contribution in [0.15, 0.2) is 55.1 Å². The van der Waals surface area contributed by atoms with Crippen molar-refractivity contribution in [1.29, 1.82) is 0 Å². The lowest BCUT2D eigenvalue weighted by Crippen LogP contribution is -2.34. The van der Waals surface area contributed by atoms with Gasteiger partial charge >= 0.3 is 0 Å². The molecule has 28 heavy (non-hydrogen) atoms. The second kappa shape index (κ2) is 7.86. The Labute approximate surface area is 167 Å². The number of carbonyl (C=O) groups excluding carboxylic acids is 1. The number of hydrogen-bond acceptors (Lipinski definition) is 5. The van der Waals surface area contributed by atoms with Crippen LogP contribution in [0.25, 0.3) is 11.1 Å². The number of hydrogen-bond donors (Lipinski definition) is 1. The van der Waals surface area contributed by atoms with Crippen molar-refractivity contribution in [3.8, 4) is 22.6 Å². The molecule has 0 fully saturated rings. The average Bonchev–Trinajstić information content (AvgIpc) is 3.16. The Hall–Kier alpha value is -3.12. The molecule has 4 rings (SSSR count). The van der Waals surface area contributed by atoms with Crippen molar-refractivity contribution < 1.29 is 14.3 Å². The summed E-state index contributed by atoms with van der Waals surface area (Å²) in [6.07, 6.45) is 5.46. The molecule has 1 amide bonds. The summed E-state index contributed by atoms with van der Waals surface area (Å²) in [4.78, 5) is 20.5. The molecular weight excluding hydrogens is 378 g/mol. The Morgan fingerprint density at radius 1 is 1.25 bits per heavy atom. The Morgan fingerprint density at radius 2 is 2.07 bits per heavy atom. The molecule has 1 aliphatic heterocycles. The monoisotopic (exact) mass is 395 g/mol. The number of ether oxygens (including phenoxy) is 2. The van der Waals surface area contributed by atoms with Gasteiger partial charge < -0.3 is 14.8 Å². The van der Waals surface area contributed by atoms with Crippen molar-refractivity contribution in [1.82, 2.24) is 15.3 Å². The molecule has 0 bridgehead atoms. The number of halogens is 1. The number of amides is 1. The first-order valence-electron chi connectivity index (χ1n) is 8.81. The first-order valence-corrected chi connectivity index (χ1v) is 9.18. The van der Waals surface area contributed by atoms with Gasteiger partial charge in [0.15, 0.2) is 0 Å². The van der Waals surface area contributed by atoms with E-state index in [0.717, 1.165) is 16.7 Å². The fourth-order valence-corrected chi connectivity index (χ4v) is 3.47. The summed E-state index contributed by atoms with van der Waals surface area (Å²) in [6, 6.07) is 10.9. The zero-order chi connectivity index (χ0) is 19.5. The standard InChI is InChI=1S/C21H18ClN3O3/c1-27-17-4-2-3-13(6-17)21(26)25-11-18-7-15-5-14(8-19(22)20(15)28-18)16-9-23-12-24-10-16/h2-6,8-10,12,18H,7,11H2,1H3,(H,25,26). The van der Waals surface area contributed by atoms with E-state index >= 15 is 0 Å². The van der Waals surface area contributed by atoms with Crippen LogP contribution in [0.2, 0.25) is 5.02 Å². The highest BCUT2D eigenvalue weighted by Gasteiger charge is 2.26. The first kappa shape index (κ1) is 18.3. The van der Waals surface area contributed by atoms with Crippen molar-refractivity contribution in [3.05, 3.63) is 71.3 Å². The average molecular weight is 396 g/mol. The van der Waals surface area contributed by atoms with Crippen LogP contribution in [-0.2, 0) is 6.42 Å². The van der Waals surface area contributed by atoms with Gasteiger partial charge in [-0.25, -0.2) is 9.97 Å². The van der Waals surface area contributed by atoms with Crippen molar-refractivity contribution >= 4 is 17.5 Å². The van der Waals surface area contributed by atoms with Crippen LogP contribution in [0.5, 0.6) is 11.5 Å². The first-order chi connectivity index (χ1) is 13.6. The molecule has 0 spiro atoms. The van der Waals surface area contributed by atoms with E-state index in [4.69, 9.17) is 21.1 Å². The highest BCUT2D eigenvalue weighted by Crippen LogP contribution is 2.39. The van der Waals surface area contributed by atoms with Crippen molar-refractivity contribution in [3.63, 3.8) is 0 Å². The summed E-state index contributed by atoms with van der Waals surface area (Å²) in [5.74, 6) is 1.14. The number of benzene rings is 2. The largest absolute Gasteiger partial charge is 0.497 e. The third-order valence-corrected chi connectivity index (χ3v) is 4.85. The number of rotatable bonds is 5. The number of nitrogens with one attached hydrogen (secondary N) is 1. The summed E-state index contributed by atoms with van der Waals surface area (Å²) < 4.78 is 11.1. The summed E-state index contributed by atoms with van der Waals surface area (Å²) in [5.41, 5.74) is 3.38. The van der Waals surface area contributed by atoms with E-state index in [1.54, 1.807) is 43.8 Å². The smallest absolute Gasteiger partial charge is 0.251 e. The quantitative estimate of drug-likeness (QED) is 0.715. The summed E-state index contributed by atoms with van der Waals surface area (Å²) in [7, 11) is 1.57. The molecule has 0 saturated carbocycles. The predicted octanol–water partition coefficient (Wildman–Crippen LogP) is 3.54. The lowest BCUT2D eigenvalue weighted by Gasteiger charge is -2.12. The van der Waals surface area contributed by atoms with Gasteiger partial charge in [0.05, 0.1) is 18.7 Å². The number of aromatic nitrogens is 2. The maximum atomic E-state index is 12.4. The topological polar surface area (TPSA) is 73.3 Å². The summed E-state index contributed by atoms with van der Waals surface area (Å²) in [5, 5.41) is 3.45. The van der Waals surface area contributed by atoms with Crippen LogP contribution >= 0.6 is 11.6 Å². The van der Waals surface area contributed by atoms with Gasteiger partial charge in [0.25, 0.3) is 5.91 Å². The van der Waals surface area contributed by atoms with E-state index in [-0.39, 0.29) is 12.0 Å². The fraction of sp³-hybridized carbons (Fsp3) is 0.190. The van der Waals surface area contributed by atoms with Gasteiger partial charge in [-0.3, -0.25) is 4.79 Å². The minimum Gasteiger partial charge on any atom is -0.497 e. The van der Waals surface area contributed by atoms with Gasteiger partial charge in [-0.15, -0.1) is 0 Å². The second-order valence-corrected chi connectivity index (χ2v) is 6.87. The third-order valence-electron chi connectivity index (χ3n) is 4.57. The number of nitrogens with zero attached hydrogens (tertiary/aromatic N) is 2.